The van der Waals surface area contributed by atoms with Gasteiger partial charge in [0, 0.05) is 18.7 Å². The summed E-state index contributed by atoms with van der Waals surface area (Å²) in [7, 11) is -3.43. The van der Waals surface area contributed by atoms with Crippen LogP contribution in [0.2, 0.25) is 5.02 Å². The number of hydrogen-bond acceptors (Lipinski definition) is 3. The number of nitrogens with one attached hydrogen (secondary N) is 2. The Morgan fingerprint density at radius 1 is 1.10 bits per heavy atom. The molecule has 1 amide bonds. The second kappa shape index (κ2) is 10.3. The molecule has 0 aromatic heterocycles. The third-order valence-electron chi connectivity index (χ3n) is 3.98. The van der Waals surface area contributed by atoms with E-state index in [1.165, 1.54) is 12.1 Å². The van der Waals surface area contributed by atoms with Crippen LogP contribution in [0, 0.1) is 0 Å². The van der Waals surface area contributed by atoms with Crippen LogP contribution in [0.3, 0.4) is 0 Å². The van der Waals surface area contributed by atoms with Crippen molar-refractivity contribution in [2.45, 2.75) is 38.4 Å². The maximum absolute atomic E-state index is 12.9. The Labute approximate surface area is 184 Å². The molecule has 2 aromatic rings. The van der Waals surface area contributed by atoms with Crippen molar-refractivity contribution in [2.24, 2.45) is 0 Å². The lowest BCUT2D eigenvalue weighted by Gasteiger charge is -2.10. The Morgan fingerprint density at radius 2 is 1.71 bits per heavy atom. The number of sulfonamides is 1. The smallest absolute Gasteiger partial charge is 0.348 e. The van der Waals surface area contributed by atoms with Crippen molar-refractivity contribution >= 4 is 33.6 Å². The maximum Gasteiger partial charge on any atom is 0.417 e. The highest BCUT2D eigenvalue weighted by Crippen LogP contribution is 2.35. The van der Waals surface area contributed by atoms with E-state index in [1.54, 1.807) is 38.1 Å². The van der Waals surface area contributed by atoms with Crippen molar-refractivity contribution in [3.05, 3.63) is 75.8 Å². The fraction of sp³-hybridized carbons (Fsp3) is 0.286. The molecule has 0 bridgehead atoms. The molecule has 0 atom stereocenters. The summed E-state index contributed by atoms with van der Waals surface area (Å²) in [5.74, 6) is -0.641. The Hall–Kier alpha value is -2.36. The van der Waals surface area contributed by atoms with Gasteiger partial charge < -0.3 is 5.32 Å². The zero-order chi connectivity index (χ0) is 23.2. The Bertz CT molecular complexity index is 1050. The van der Waals surface area contributed by atoms with Crippen molar-refractivity contribution in [1.82, 2.24) is 10.0 Å². The molecule has 0 radical (unpaired) electrons. The zero-order valence-corrected chi connectivity index (χ0v) is 18.4. The van der Waals surface area contributed by atoms with Gasteiger partial charge in [-0.2, -0.15) is 13.2 Å². The normalized spacial score (nSPS) is 12.5. The summed E-state index contributed by atoms with van der Waals surface area (Å²) in [5, 5.41) is 2.20. The van der Waals surface area contributed by atoms with Crippen molar-refractivity contribution in [1.29, 1.82) is 0 Å². The predicted octanol–water partition coefficient (Wildman–Crippen LogP) is 4.52. The Morgan fingerprint density at radius 3 is 2.29 bits per heavy atom. The number of carbonyl (C=O) groups is 1. The van der Waals surface area contributed by atoms with Gasteiger partial charge in [-0.25, -0.2) is 13.1 Å². The van der Waals surface area contributed by atoms with Gasteiger partial charge in [-0.1, -0.05) is 41.9 Å². The lowest BCUT2D eigenvalue weighted by atomic mass is 10.1. The first-order chi connectivity index (χ1) is 14.4. The quantitative estimate of drug-likeness (QED) is 0.552. The molecule has 0 aliphatic carbocycles. The highest BCUT2D eigenvalue weighted by atomic mass is 35.5. The van der Waals surface area contributed by atoms with Crippen LogP contribution in [-0.2, 0) is 33.3 Å². The first-order valence-corrected chi connectivity index (χ1v) is 11.3. The average molecular weight is 475 g/mol. The van der Waals surface area contributed by atoms with Gasteiger partial charge in [-0.15, -0.1) is 0 Å². The van der Waals surface area contributed by atoms with E-state index in [0.717, 1.165) is 23.8 Å². The van der Waals surface area contributed by atoms with Crippen LogP contribution < -0.4 is 10.0 Å². The number of benzene rings is 2. The van der Waals surface area contributed by atoms with E-state index in [0.29, 0.717) is 5.56 Å². The highest BCUT2D eigenvalue weighted by molar-refractivity contribution is 7.88. The summed E-state index contributed by atoms with van der Waals surface area (Å²) in [5.41, 5.74) is 0.562. The number of rotatable bonds is 8. The van der Waals surface area contributed by atoms with Crippen molar-refractivity contribution < 1.29 is 26.4 Å². The molecule has 0 spiro atoms. The van der Waals surface area contributed by atoms with Gasteiger partial charge in [0.15, 0.2) is 0 Å². The van der Waals surface area contributed by atoms with E-state index in [1.807, 2.05) is 0 Å². The van der Waals surface area contributed by atoms with Crippen LogP contribution in [0.4, 0.5) is 13.2 Å². The van der Waals surface area contributed by atoms with Gasteiger partial charge in [0.2, 0.25) is 15.9 Å². The molecule has 2 rings (SSSR count). The summed E-state index contributed by atoms with van der Waals surface area (Å²) in [6, 6.07) is 9.88. The molecule has 2 N–H and O–H groups in total. The molecule has 168 valence electrons. The van der Waals surface area contributed by atoms with E-state index < -0.39 is 32.7 Å². The average Bonchev–Trinajstić information content (AvgIpc) is 2.64. The van der Waals surface area contributed by atoms with Crippen molar-refractivity contribution in [2.75, 3.05) is 0 Å². The molecule has 10 heteroatoms. The predicted molar refractivity (Wildman–Crippen MR) is 115 cm³/mol. The first kappa shape index (κ1) is 24.9. The lowest BCUT2D eigenvalue weighted by molar-refractivity contribution is -0.137. The molecule has 2 aromatic carbocycles. The third kappa shape index (κ3) is 8.35. The molecule has 0 aliphatic rings. The second-order valence-electron chi connectivity index (χ2n) is 7.14. The van der Waals surface area contributed by atoms with E-state index in [2.05, 4.69) is 10.0 Å². The zero-order valence-electron chi connectivity index (χ0n) is 16.8. The van der Waals surface area contributed by atoms with Gasteiger partial charge in [-0.05, 0) is 48.7 Å². The van der Waals surface area contributed by atoms with Crippen molar-refractivity contribution in [3.8, 4) is 0 Å². The lowest BCUT2D eigenvalue weighted by Crippen LogP contribution is -2.31. The number of hydrogen-bond donors (Lipinski definition) is 2. The number of amides is 1. The van der Waals surface area contributed by atoms with Crippen LogP contribution >= 0.6 is 11.6 Å². The van der Waals surface area contributed by atoms with Crippen LogP contribution in [-0.4, -0.2) is 20.4 Å². The highest BCUT2D eigenvalue weighted by Gasteiger charge is 2.33. The van der Waals surface area contributed by atoms with Crippen LogP contribution in [0.1, 0.15) is 36.1 Å². The van der Waals surface area contributed by atoms with E-state index >= 15 is 0 Å². The largest absolute Gasteiger partial charge is 0.417 e. The summed E-state index contributed by atoms with van der Waals surface area (Å²) in [6.07, 6.45) is -2.20. The minimum absolute atomic E-state index is 0.151. The Balaban J connectivity index is 1.93. The Kier molecular flexibility index (Phi) is 8.27. The van der Waals surface area contributed by atoms with Crippen LogP contribution in [0.5, 0.6) is 0 Å². The minimum atomic E-state index is -4.58. The maximum atomic E-state index is 12.9. The first-order valence-electron chi connectivity index (χ1n) is 9.26. The summed E-state index contributed by atoms with van der Waals surface area (Å²) >= 11 is 5.57. The van der Waals surface area contributed by atoms with Gasteiger partial charge in [0.1, 0.15) is 0 Å². The molecular formula is C21H22ClF3N2O3S. The number of halogens is 4. The number of carbonyl (C=O) groups excluding carboxylic acids is 1. The molecular weight excluding hydrogens is 453 g/mol. The summed E-state index contributed by atoms with van der Waals surface area (Å²) < 4.78 is 65.1. The standard InChI is InChI=1S/C21H22ClF3N2O3S/c1-14(2)27-31(29,30)13-17-5-3-16(4-6-17)12-26-20(28)10-8-15-7-9-19(22)18(11-15)21(23,24)25/h3-11,14,27H,12-13H2,1-2H3,(H,26,28)/b10-8+. The molecule has 0 fully saturated rings. The van der Waals surface area contributed by atoms with Gasteiger partial charge in [-0.3, -0.25) is 4.79 Å². The molecule has 31 heavy (non-hydrogen) atoms. The molecule has 5 nitrogen and oxygen atoms in total. The SMILES string of the molecule is CC(C)NS(=O)(=O)Cc1ccc(CNC(=O)/C=C/c2ccc(Cl)c(C(F)(F)F)c2)cc1. The summed E-state index contributed by atoms with van der Waals surface area (Å²) in [4.78, 5) is 12.0. The van der Waals surface area contributed by atoms with E-state index in [9.17, 15) is 26.4 Å². The van der Waals surface area contributed by atoms with Gasteiger partial charge in [0.05, 0.1) is 16.3 Å². The summed E-state index contributed by atoms with van der Waals surface area (Å²) in [6.45, 7) is 3.65. The monoisotopic (exact) mass is 474 g/mol. The van der Waals surface area contributed by atoms with Gasteiger partial charge in [0.25, 0.3) is 0 Å². The molecule has 0 heterocycles. The van der Waals surface area contributed by atoms with E-state index in [-0.39, 0.29) is 23.9 Å². The third-order valence-corrected chi connectivity index (χ3v) is 5.86. The molecule has 0 saturated heterocycles. The number of alkyl halides is 3. The minimum Gasteiger partial charge on any atom is -0.348 e. The molecule has 0 saturated carbocycles. The second-order valence-corrected chi connectivity index (χ2v) is 9.30. The van der Waals surface area contributed by atoms with Crippen LogP contribution in [0.15, 0.2) is 48.5 Å². The van der Waals surface area contributed by atoms with E-state index in [4.69, 9.17) is 11.6 Å². The fourth-order valence-corrected chi connectivity index (χ4v) is 4.31. The van der Waals surface area contributed by atoms with Crippen molar-refractivity contribution in [3.63, 3.8) is 0 Å². The topological polar surface area (TPSA) is 75.3 Å². The molecule has 0 aliphatic heterocycles. The fourth-order valence-electron chi connectivity index (χ4n) is 2.66. The van der Waals surface area contributed by atoms with Crippen LogP contribution in [0.25, 0.3) is 6.08 Å². The molecule has 0 unspecified atom stereocenters. The van der Waals surface area contributed by atoms with Gasteiger partial charge >= 0.3 is 6.18 Å².